The van der Waals surface area contributed by atoms with Gasteiger partial charge in [0.2, 0.25) is 5.91 Å². The minimum atomic E-state index is -0.980. The molecule has 5 heterocycles. The monoisotopic (exact) mass is 404 g/mol. The van der Waals surface area contributed by atoms with Crippen LogP contribution >= 0.6 is 0 Å². The molecule has 4 unspecified atom stereocenters. The number of nitrogens with zero attached hydrogens (tertiary/aromatic N) is 4. The summed E-state index contributed by atoms with van der Waals surface area (Å²) in [6.07, 6.45) is 4.08. The van der Waals surface area contributed by atoms with E-state index in [2.05, 4.69) is 30.8 Å². The zero-order chi connectivity index (χ0) is 20.0. The van der Waals surface area contributed by atoms with Crippen LogP contribution in [0.1, 0.15) is 12.8 Å². The van der Waals surface area contributed by atoms with Crippen molar-refractivity contribution in [1.29, 1.82) is 0 Å². The first kappa shape index (κ1) is 19.1. The number of aromatic nitrogens is 1. The van der Waals surface area contributed by atoms with Crippen molar-refractivity contribution in [2.75, 3.05) is 49.5 Å². The molecule has 4 fully saturated rings. The van der Waals surface area contributed by atoms with E-state index in [1.165, 1.54) is 19.4 Å². The maximum absolute atomic E-state index is 13.7. The SMILES string of the molecule is NC1NN2CC(F)CNC2C1C(=O)Nc1cnccc1N1CCN2CCC[C@H]2C1. The van der Waals surface area contributed by atoms with Crippen LogP contribution in [0.4, 0.5) is 15.8 Å². The lowest BCUT2D eigenvalue weighted by atomic mass is 10.0. The summed E-state index contributed by atoms with van der Waals surface area (Å²) in [6.45, 7) is 4.58. The summed E-state index contributed by atoms with van der Waals surface area (Å²) in [5.41, 5.74) is 10.9. The maximum atomic E-state index is 13.7. The first-order valence-electron chi connectivity index (χ1n) is 10.5. The van der Waals surface area contributed by atoms with Gasteiger partial charge in [0.05, 0.1) is 35.8 Å². The lowest BCUT2D eigenvalue weighted by Crippen LogP contribution is -2.58. The number of alkyl halides is 1. The second-order valence-corrected chi connectivity index (χ2v) is 8.44. The van der Waals surface area contributed by atoms with Gasteiger partial charge in [0.25, 0.3) is 0 Å². The fourth-order valence-electron chi connectivity index (χ4n) is 5.16. The van der Waals surface area contributed by atoms with Gasteiger partial charge in [-0.1, -0.05) is 0 Å². The quantitative estimate of drug-likeness (QED) is 0.524. The number of piperazine rings is 1. The zero-order valence-corrected chi connectivity index (χ0v) is 16.4. The van der Waals surface area contributed by atoms with Crippen molar-refractivity contribution >= 4 is 17.3 Å². The largest absolute Gasteiger partial charge is 0.367 e. The Morgan fingerprint density at radius 1 is 1.31 bits per heavy atom. The Morgan fingerprint density at radius 3 is 3.10 bits per heavy atom. The first-order valence-corrected chi connectivity index (χ1v) is 10.5. The lowest BCUT2D eigenvalue weighted by Gasteiger charge is -2.39. The zero-order valence-electron chi connectivity index (χ0n) is 16.4. The molecule has 4 aliphatic heterocycles. The van der Waals surface area contributed by atoms with E-state index in [0.717, 1.165) is 25.3 Å². The van der Waals surface area contributed by atoms with Gasteiger partial charge in [-0.05, 0) is 25.5 Å². The molecule has 1 aromatic rings. The summed E-state index contributed by atoms with van der Waals surface area (Å²) >= 11 is 0. The number of hydrogen-bond acceptors (Lipinski definition) is 8. The average molecular weight is 404 g/mol. The number of halogens is 1. The highest BCUT2D eigenvalue weighted by Gasteiger charge is 2.47. The number of fused-ring (bicyclic) bond motifs is 2. The summed E-state index contributed by atoms with van der Waals surface area (Å²) < 4.78 is 13.7. The fourth-order valence-corrected chi connectivity index (χ4v) is 5.16. The number of nitrogens with one attached hydrogen (secondary N) is 3. The van der Waals surface area contributed by atoms with Crippen LogP contribution in [0.2, 0.25) is 0 Å². The van der Waals surface area contributed by atoms with Crippen LogP contribution in [0.15, 0.2) is 18.5 Å². The number of pyridine rings is 1. The summed E-state index contributed by atoms with van der Waals surface area (Å²) in [4.78, 5) is 22.3. The van der Waals surface area contributed by atoms with E-state index < -0.39 is 18.3 Å². The number of amides is 1. The molecule has 4 saturated heterocycles. The van der Waals surface area contributed by atoms with E-state index in [0.29, 0.717) is 11.7 Å². The van der Waals surface area contributed by atoms with Crippen LogP contribution in [0.25, 0.3) is 0 Å². The van der Waals surface area contributed by atoms with Crippen molar-refractivity contribution in [3.8, 4) is 0 Å². The summed E-state index contributed by atoms with van der Waals surface area (Å²) in [5, 5.41) is 7.85. The van der Waals surface area contributed by atoms with E-state index >= 15 is 0 Å². The standard InChI is InChI=1S/C19H29FN8O/c20-12-8-23-18-16(17(21)25-28(18)10-12)19(29)24-14-9-22-4-3-15(14)27-7-6-26-5-1-2-13(26)11-27/h3-4,9,12-13,16-18,23,25H,1-2,5-8,10-11,21H2,(H,24,29)/t12?,13-,16?,17?,18?/m0/s1. The molecule has 29 heavy (non-hydrogen) atoms. The third kappa shape index (κ3) is 3.59. The van der Waals surface area contributed by atoms with E-state index in [4.69, 9.17) is 5.73 Å². The van der Waals surface area contributed by atoms with Crippen molar-refractivity contribution in [2.45, 2.75) is 37.4 Å². The molecule has 9 nitrogen and oxygen atoms in total. The Bertz CT molecular complexity index is 765. The predicted molar refractivity (Wildman–Crippen MR) is 108 cm³/mol. The Hall–Kier alpha value is -1.85. The molecule has 158 valence electrons. The molecule has 4 aliphatic rings. The molecule has 0 bridgehead atoms. The van der Waals surface area contributed by atoms with E-state index in [1.54, 1.807) is 17.4 Å². The topological polar surface area (TPSA) is 102 Å². The lowest BCUT2D eigenvalue weighted by molar-refractivity contribution is -0.121. The van der Waals surface area contributed by atoms with Crippen LogP contribution in [-0.2, 0) is 4.79 Å². The Balaban J connectivity index is 1.31. The molecule has 0 saturated carbocycles. The van der Waals surface area contributed by atoms with Gasteiger partial charge < -0.3 is 16.0 Å². The fraction of sp³-hybridized carbons (Fsp3) is 0.684. The molecule has 5 rings (SSSR count). The molecule has 1 aromatic heterocycles. The van der Waals surface area contributed by atoms with Crippen LogP contribution in [0, 0.1) is 5.92 Å². The summed E-state index contributed by atoms with van der Waals surface area (Å²) in [6, 6.07) is 2.55. The minimum Gasteiger partial charge on any atom is -0.367 e. The molecular formula is C19H29FN8O. The summed E-state index contributed by atoms with van der Waals surface area (Å²) in [7, 11) is 0. The normalized spacial score (nSPS) is 35.4. The molecule has 0 aliphatic carbocycles. The van der Waals surface area contributed by atoms with Gasteiger partial charge in [-0.3, -0.25) is 20.0 Å². The number of hydrazine groups is 1. The molecule has 5 N–H and O–H groups in total. The van der Waals surface area contributed by atoms with Crippen molar-refractivity contribution in [2.24, 2.45) is 11.7 Å². The van der Waals surface area contributed by atoms with Crippen LogP contribution in [0.5, 0.6) is 0 Å². The van der Waals surface area contributed by atoms with Crippen molar-refractivity contribution in [3.05, 3.63) is 18.5 Å². The minimum absolute atomic E-state index is 0.184. The van der Waals surface area contributed by atoms with Gasteiger partial charge in [0, 0.05) is 45.0 Å². The highest BCUT2D eigenvalue weighted by atomic mass is 19.1. The van der Waals surface area contributed by atoms with Crippen LogP contribution in [-0.4, -0.2) is 84.6 Å². The Kier molecular flexibility index (Phi) is 5.12. The molecule has 0 spiro atoms. The predicted octanol–water partition coefficient (Wildman–Crippen LogP) is -0.707. The van der Waals surface area contributed by atoms with Crippen molar-refractivity contribution in [3.63, 3.8) is 0 Å². The third-order valence-electron chi connectivity index (χ3n) is 6.61. The maximum Gasteiger partial charge on any atom is 0.233 e. The molecule has 0 radical (unpaired) electrons. The van der Waals surface area contributed by atoms with E-state index in [1.807, 2.05) is 6.07 Å². The molecule has 5 atom stereocenters. The molecule has 1 amide bonds. The van der Waals surface area contributed by atoms with Crippen molar-refractivity contribution < 1.29 is 9.18 Å². The van der Waals surface area contributed by atoms with Crippen LogP contribution in [0.3, 0.4) is 0 Å². The van der Waals surface area contributed by atoms with Gasteiger partial charge in [0.15, 0.2) is 0 Å². The molecule has 0 aromatic carbocycles. The second kappa shape index (κ2) is 7.77. The van der Waals surface area contributed by atoms with Crippen molar-refractivity contribution in [1.82, 2.24) is 25.6 Å². The number of hydrogen-bond donors (Lipinski definition) is 4. The second-order valence-electron chi connectivity index (χ2n) is 8.44. The number of nitrogens with two attached hydrogens (primary N) is 1. The van der Waals surface area contributed by atoms with Crippen LogP contribution < -0.4 is 26.7 Å². The highest BCUT2D eigenvalue weighted by Crippen LogP contribution is 2.31. The number of anilines is 2. The smallest absolute Gasteiger partial charge is 0.233 e. The summed E-state index contributed by atoms with van der Waals surface area (Å²) in [5.74, 6) is -0.710. The third-order valence-corrected chi connectivity index (χ3v) is 6.61. The highest BCUT2D eigenvalue weighted by molar-refractivity contribution is 5.96. The van der Waals surface area contributed by atoms with E-state index in [9.17, 15) is 9.18 Å². The van der Waals surface area contributed by atoms with E-state index in [-0.39, 0.29) is 25.2 Å². The molecule has 10 heteroatoms. The number of rotatable bonds is 3. The van der Waals surface area contributed by atoms with Gasteiger partial charge in [0.1, 0.15) is 6.17 Å². The molecular weight excluding hydrogens is 375 g/mol. The van der Waals surface area contributed by atoms with Gasteiger partial charge in [-0.2, -0.15) is 0 Å². The average Bonchev–Trinajstić information content (AvgIpc) is 3.30. The van der Waals surface area contributed by atoms with Gasteiger partial charge in [-0.25, -0.2) is 14.8 Å². The van der Waals surface area contributed by atoms with Gasteiger partial charge >= 0.3 is 0 Å². The number of carbonyl (C=O) groups is 1. The first-order chi connectivity index (χ1) is 14.1. The van der Waals surface area contributed by atoms with Gasteiger partial charge in [-0.15, -0.1) is 0 Å². The Labute approximate surface area is 169 Å². The number of carbonyl (C=O) groups excluding carboxylic acids is 1. The Morgan fingerprint density at radius 2 is 2.21 bits per heavy atom.